The largest absolute Gasteiger partial charge is 0.402 e. The van der Waals surface area contributed by atoms with Crippen molar-refractivity contribution in [2.75, 3.05) is 5.75 Å². The molecule has 1 fully saturated rings. The van der Waals surface area contributed by atoms with Gasteiger partial charge in [-0.15, -0.1) is 0 Å². The highest BCUT2D eigenvalue weighted by atomic mass is 32.2. The van der Waals surface area contributed by atoms with Gasteiger partial charge >= 0.3 is 6.18 Å². The lowest BCUT2D eigenvalue weighted by Crippen LogP contribution is -2.26. The molecule has 0 N–H and O–H groups in total. The van der Waals surface area contributed by atoms with Gasteiger partial charge in [-0.2, -0.15) is 13.2 Å². The normalized spacial score (nSPS) is 20.8. The molecule has 1 rings (SSSR count). The van der Waals surface area contributed by atoms with Gasteiger partial charge < -0.3 is 0 Å². The van der Waals surface area contributed by atoms with Crippen molar-refractivity contribution in [2.45, 2.75) is 31.9 Å². The van der Waals surface area contributed by atoms with Crippen LogP contribution in [-0.4, -0.2) is 20.3 Å². The molecule has 0 unspecified atom stereocenters. The summed E-state index contributed by atoms with van der Waals surface area (Å²) in [6.45, 7) is 0. The first kappa shape index (κ1) is 10.8. The average Bonchev–Trinajstić information content (AvgIpc) is 2.29. The lowest BCUT2D eigenvalue weighted by molar-refractivity contribution is -0.106. The van der Waals surface area contributed by atoms with Crippen LogP contribution in [0.4, 0.5) is 13.2 Å². The first-order valence-corrected chi connectivity index (χ1v) is 5.61. The minimum absolute atomic E-state index is 0.0739. The zero-order chi connectivity index (χ0) is 10.1. The lowest BCUT2D eigenvalue weighted by Gasteiger charge is -2.11. The zero-order valence-corrected chi connectivity index (χ0v) is 7.71. The minimum atomic E-state index is -4.62. The second kappa shape index (κ2) is 3.48. The zero-order valence-electron chi connectivity index (χ0n) is 6.89. The molecule has 1 saturated carbocycles. The maximum absolute atomic E-state index is 11.8. The standard InChI is InChI=1S/C7H10F3O2S/c8-7(9,10)5-13(11,12)6-3-1-2-4-6/h1-5H2. The summed E-state index contributed by atoms with van der Waals surface area (Å²) in [4.78, 5) is 0. The van der Waals surface area contributed by atoms with E-state index in [-0.39, 0.29) is 5.25 Å². The molecule has 0 aliphatic heterocycles. The molecular weight excluding hydrogens is 205 g/mol. The van der Waals surface area contributed by atoms with E-state index in [2.05, 4.69) is 0 Å². The van der Waals surface area contributed by atoms with Crippen LogP contribution in [0.15, 0.2) is 0 Å². The Morgan fingerprint density at radius 3 is 2.00 bits per heavy atom. The highest BCUT2D eigenvalue weighted by Crippen LogP contribution is 2.34. The van der Waals surface area contributed by atoms with Crippen LogP contribution >= 0.6 is 0 Å². The van der Waals surface area contributed by atoms with Crippen molar-refractivity contribution in [1.82, 2.24) is 0 Å². The molecule has 1 aliphatic carbocycles. The first-order chi connectivity index (χ1) is 5.81. The van der Waals surface area contributed by atoms with E-state index >= 15 is 0 Å². The Balaban J connectivity index is 2.66. The van der Waals surface area contributed by atoms with Gasteiger partial charge in [0.15, 0.2) is 9.84 Å². The Morgan fingerprint density at radius 2 is 1.62 bits per heavy atom. The van der Waals surface area contributed by atoms with Gasteiger partial charge in [-0.05, 0) is 12.8 Å². The van der Waals surface area contributed by atoms with Crippen LogP contribution in [0, 0.1) is 5.25 Å². The topological polar surface area (TPSA) is 34.1 Å². The van der Waals surface area contributed by atoms with Gasteiger partial charge in [0.1, 0.15) is 5.75 Å². The molecule has 0 bridgehead atoms. The number of rotatable bonds is 2. The van der Waals surface area contributed by atoms with Crippen LogP contribution < -0.4 is 0 Å². The smallest absolute Gasteiger partial charge is 0.228 e. The van der Waals surface area contributed by atoms with Gasteiger partial charge in [0.05, 0.1) is 5.25 Å². The van der Waals surface area contributed by atoms with Crippen molar-refractivity contribution < 1.29 is 21.6 Å². The molecular formula is C7H10F3O2S. The lowest BCUT2D eigenvalue weighted by atomic mass is 10.4. The highest BCUT2D eigenvalue weighted by Gasteiger charge is 2.40. The third-order valence-electron chi connectivity index (χ3n) is 1.95. The van der Waals surface area contributed by atoms with E-state index in [0.29, 0.717) is 25.7 Å². The summed E-state index contributed by atoms with van der Waals surface area (Å²) in [7, 11) is -4.03. The quantitative estimate of drug-likeness (QED) is 0.706. The van der Waals surface area contributed by atoms with Crippen molar-refractivity contribution in [3.05, 3.63) is 5.25 Å². The average molecular weight is 215 g/mol. The van der Waals surface area contributed by atoms with Crippen molar-refractivity contribution >= 4 is 9.84 Å². The van der Waals surface area contributed by atoms with Crippen molar-refractivity contribution in [3.8, 4) is 0 Å². The summed E-state index contributed by atoms with van der Waals surface area (Å²) >= 11 is 0. The summed E-state index contributed by atoms with van der Waals surface area (Å²) in [5.74, 6) is -1.70. The predicted molar refractivity (Wildman–Crippen MR) is 41.6 cm³/mol. The van der Waals surface area contributed by atoms with Crippen LogP contribution in [0.2, 0.25) is 0 Å². The number of sulfone groups is 1. The first-order valence-electron chi connectivity index (χ1n) is 3.95. The maximum Gasteiger partial charge on any atom is 0.402 e. The summed E-state index contributed by atoms with van der Waals surface area (Å²) in [6, 6.07) is 0. The summed E-state index contributed by atoms with van der Waals surface area (Å²) in [5.41, 5.74) is 0. The van der Waals surface area contributed by atoms with Gasteiger partial charge in [0.2, 0.25) is 0 Å². The van der Waals surface area contributed by atoms with Gasteiger partial charge in [-0.1, -0.05) is 12.8 Å². The summed E-state index contributed by atoms with van der Waals surface area (Å²) in [5, 5.41) is 0.0739. The Hall–Kier alpha value is -0.260. The second-order valence-electron chi connectivity index (χ2n) is 3.12. The fourth-order valence-corrected chi connectivity index (χ4v) is 2.94. The number of hydrogen-bond donors (Lipinski definition) is 0. The molecule has 0 aromatic heterocycles. The van der Waals surface area contributed by atoms with E-state index in [9.17, 15) is 21.6 Å². The Morgan fingerprint density at radius 1 is 1.15 bits per heavy atom. The Bertz CT molecular complexity index is 262. The Labute approximate surface area is 75.0 Å². The minimum Gasteiger partial charge on any atom is -0.228 e. The third kappa shape index (κ3) is 3.17. The van der Waals surface area contributed by atoms with Crippen molar-refractivity contribution in [2.24, 2.45) is 0 Å². The molecule has 0 amide bonds. The van der Waals surface area contributed by atoms with E-state index in [1.807, 2.05) is 0 Å². The molecule has 0 aromatic carbocycles. The van der Waals surface area contributed by atoms with Crippen LogP contribution in [0.3, 0.4) is 0 Å². The molecule has 0 spiro atoms. The molecule has 0 aromatic rings. The highest BCUT2D eigenvalue weighted by molar-refractivity contribution is 7.94. The fourth-order valence-electron chi connectivity index (χ4n) is 1.40. The number of halogens is 3. The van der Waals surface area contributed by atoms with E-state index in [0.717, 1.165) is 0 Å². The third-order valence-corrected chi connectivity index (χ3v) is 3.95. The summed E-state index contributed by atoms with van der Waals surface area (Å²) in [6.07, 6.45) is -2.63. The molecule has 13 heavy (non-hydrogen) atoms. The molecule has 1 aliphatic rings. The van der Waals surface area contributed by atoms with Crippen LogP contribution in [0.1, 0.15) is 25.7 Å². The van der Waals surface area contributed by atoms with E-state index in [1.165, 1.54) is 0 Å². The van der Waals surface area contributed by atoms with Crippen molar-refractivity contribution in [3.63, 3.8) is 0 Å². The fraction of sp³-hybridized carbons (Fsp3) is 0.857. The molecule has 0 heterocycles. The molecule has 6 heteroatoms. The molecule has 0 atom stereocenters. The van der Waals surface area contributed by atoms with Crippen LogP contribution in [0.5, 0.6) is 0 Å². The Kier molecular flexibility index (Phi) is 2.89. The van der Waals surface area contributed by atoms with Gasteiger partial charge in [0.25, 0.3) is 0 Å². The summed E-state index contributed by atoms with van der Waals surface area (Å²) < 4.78 is 57.6. The van der Waals surface area contributed by atoms with E-state index in [4.69, 9.17) is 0 Å². The maximum atomic E-state index is 11.8. The molecule has 2 nitrogen and oxygen atoms in total. The van der Waals surface area contributed by atoms with E-state index in [1.54, 1.807) is 0 Å². The van der Waals surface area contributed by atoms with E-state index < -0.39 is 21.8 Å². The van der Waals surface area contributed by atoms with Gasteiger partial charge in [0, 0.05) is 0 Å². The van der Waals surface area contributed by atoms with Gasteiger partial charge in [-0.25, -0.2) is 8.42 Å². The SMILES string of the molecule is O=S(=O)(CC(F)(F)F)[C]1CCCC1. The number of hydrogen-bond acceptors (Lipinski definition) is 2. The van der Waals surface area contributed by atoms with Crippen molar-refractivity contribution in [1.29, 1.82) is 0 Å². The second-order valence-corrected chi connectivity index (χ2v) is 5.22. The molecule has 0 saturated heterocycles. The number of alkyl halides is 3. The monoisotopic (exact) mass is 215 g/mol. The predicted octanol–water partition coefficient (Wildman–Crippen LogP) is 2.07. The molecule has 1 radical (unpaired) electrons. The van der Waals surface area contributed by atoms with Crippen LogP contribution in [-0.2, 0) is 9.84 Å². The van der Waals surface area contributed by atoms with Gasteiger partial charge in [-0.3, -0.25) is 0 Å². The molecule has 77 valence electrons. The van der Waals surface area contributed by atoms with Crippen LogP contribution in [0.25, 0.3) is 0 Å².